The highest BCUT2D eigenvalue weighted by atomic mass is 15.0. The molecule has 2 aliphatic rings. The highest BCUT2D eigenvalue weighted by Crippen LogP contribution is 2.32. The van der Waals surface area contributed by atoms with Gasteiger partial charge in [-0.15, -0.1) is 0 Å². The molecule has 0 amide bonds. The van der Waals surface area contributed by atoms with Gasteiger partial charge in [0.1, 0.15) is 0 Å². The van der Waals surface area contributed by atoms with E-state index in [4.69, 9.17) is 0 Å². The molecule has 0 spiro atoms. The second kappa shape index (κ2) is 5.05. The summed E-state index contributed by atoms with van der Waals surface area (Å²) in [4.78, 5) is 0. The molecule has 16 heavy (non-hydrogen) atoms. The van der Waals surface area contributed by atoms with E-state index in [1.807, 2.05) is 0 Å². The van der Waals surface area contributed by atoms with Gasteiger partial charge in [-0.2, -0.15) is 0 Å². The van der Waals surface area contributed by atoms with E-state index in [1.165, 1.54) is 38.5 Å². The minimum Gasteiger partial charge on any atom is -0.311 e. The van der Waals surface area contributed by atoms with Gasteiger partial charge in [-0.1, -0.05) is 12.8 Å². The van der Waals surface area contributed by atoms with Crippen LogP contribution < -0.4 is 10.6 Å². The average Bonchev–Trinajstić information content (AvgIpc) is 2.25. The van der Waals surface area contributed by atoms with Crippen molar-refractivity contribution >= 4 is 0 Å². The predicted octanol–water partition coefficient (Wildman–Crippen LogP) is 2.69. The average molecular weight is 224 g/mol. The maximum absolute atomic E-state index is 3.87. The lowest BCUT2D eigenvalue weighted by atomic mass is 9.78. The summed E-state index contributed by atoms with van der Waals surface area (Å²) in [6.07, 6.45) is 8.60. The van der Waals surface area contributed by atoms with Crippen LogP contribution in [0, 0.1) is 5.92 Å². The van der Waals surface area contributed by atoms with Crippen molar-refractivity contribution in [1.82, 2.24) is 10.6 Å². The van der Waals surface area contributed by atoms with Crippen LogP contribution in [0.1, 0.15) is 59.3 Å². The minimum absolute atomic E-state index is 0.255. The van der Waals surface area contributed by atoms with Crippen LogP contribution in [-0.4, -0.2) is 24.2 Å². The first-order valence-corrected chi connectivity index (χ1v) is 7.06. The summed E-state index contributed by atoms with van der Waals surface area (Å²) in [5.74, 6) is 0.986. The van der Waals surface area contributed by atoms with Gasteiger partial charge in [0.15, 0.2) is 0 Å². The van der Waals surface area contributed by atoms with Gasteiger partial charge in [0, 0.05) is 24.2 Å². The quantitative estimate of drug-likeness (QED) is 0.753. The van der Waals surface area contributed by atoms with Gasteiger partial charge in [-0.3, -0.25) is 0 Å². The Labute approximate surface area is 101 Å². The molecule has 2 fully saturated rings. The summed E-state index contributed by atoms with van der Waals surface area (Å²) in [7, 11) is 0. The van der Waals surface area contributed by atoms with Crippen molar-refractivity contribution in [2.24, 2.45) is 5.92 Å². The van der Waals surface area contributed by atoms with Gasteiger partial charge in [0.05, 0.1) is 0 Å². The van der Waals surface area contributed by atoms with Gasteiger partial charge in [0.2, 0.25) is 0 Å². The normalized spacial score (nSPS) is 35.8. The van der Waals surface area contributed by atoms with Crippen LogP contribution in [0.3, 0.4) is 0 Å². The second-order valence-electron chi connectivity index (χ2n) is 6.72. The summed E-state index contributed by atoms with van der Waals surface area (Å²) in [5.41, 5.74) is 0.255. The Kier molecular flexibility index (Phi) is 3.91. The van der Waals surface area contributed by atoms with E-state index in [0.29, 0.717) is 6.04 Å². The van der Waals surface area contributed by atoms with E-state index in [-0.39, 0.29) is 5.54 Å². The molecule has 1 saturated heterocycles. The van der Waals surface area contributed by atoms with Crippen LogP contribution in [0.5, 0.6) is 0 Å². The van der Waals surface area contributed by atoms with E-state index in [0.717, 1.165) is 18.5 Å². The summed E-state index contributed by atoms with van der Waals surface area (Å²) < 4.78 is 0. The molecular formula is C14H28N2. The first-order valence-electron chi connectivity index (χ1n) is 7.06. The van der Waals surface area contributed by atoms with Gasteiger partial charge in [0.25, 0.3) is 0 Å². The summed E-state index contributed by atoms with van der Waals surface area (Å²) in [5, 5.41) is 7.49. The van der Waals surface area contributed by atoms with E-state index in [1.54, 1.807) is 0 Å². The molecule has 0 aromatic rings. The fraction of sp³-hybridized carbons (Fsp3) is 1.00. The highest BCUT2D eigenvalue weighted by Gasteiger charge is 2.31. The molecule has 1 saturated carbocycles. The van der Waals surface area contributed by atoms with Crippen LogP contribution in [0.15, 0.2) is 0 Å². The SMILES string of the molecule is CC(C)(C)NCC1CCC2CCCCC2N1. The van der Waals surface area contributed by atoms with Gasteiger partial charge in [-0.05, 0) is 52.4 Å². The number of nitrogens with one attached hydrogen (secondary N) is 2. The van der Waals surface area contributed by atoms with Crippen molar-refractivity contribution in [2.45, 2.75) is 76.9 Å². The van der Waals surface area contributed by atoms with Gasteiger partial charge < -0.3 is 10.6 Å². The van der Waals surface area contributed by atoms with Crippen LogP contribution in [0.4, 0.5) is 0 Å². The second-order valence-corrected chi connectivity index (χ2v) is 6.72. The molecule has 3 atom stereocenters. The number of piperidine rings is 1. The monoisotopic (exact) mass is 224 g/mol. The van der Waals surface area contributed by atoms with Crippen LogP contribution in [0.25, 0.3) is 0 Å². The molecular weight excluding hydrogens is 196 g/mol. The molecule has 0 aromatic carbocycles. The first kappa shape index (κ1) is 12.4. The maximum atomic E-state index is 3.87. The van der Waals surface area contributed by atoms with Crippen molar-refractivity contribution in [2.75, 3.05) is 6.54 Å². The smallest absolute Gasteiger partial charge is 0.0195 e. The summed E-state index contributed by atoms with van der Waals surface area (Å²) in [6.45, 7) is 7.88. The molecule has 0 radical (unpaired) electrons. The molecule has 2 N–H and O–H groups in total. The molecule has 1 heterocycles. The predicted molar refractivity (Wildman–Crippen MR) is 69.7 cm³/mol. The molecule has 0 aromatic heterocycles. The zero-order valence-corrected chi connectivity index (χ0v) is 11.2. The van der Waals surface area contributed by atoms with E-state index in [2.05, 4.69) is 31.4 Å². The van der Waals surface area contributed by atoms with E-state index < -0.39 is 0 Å². The van der Waals surface area contributed by atoms with Crippen molar-refractivity contribution < 1.29 is 0 Å². The third kappa shape index (κ3) is 3.46. The Morgan fingerprint density at radius 1 is 1.06 bits per heavy atom. The third-order valence-corrected chi connectivity index (χ3v) is 4.12. The summed E-state index contributed by atoms with van der Waals surface area (Å²) >= 11 is 0. The molecule has 3 unspecified atom stereocenters. The van der Waals surface area contributed by atoms with E-state index >= 15 is 0 Å². The zero-order valence-electron chi connectivity index (χ0n) is 11.2. The van der Waals surface area contributed by atoms with Crippen LogP contribution in [-0.2, 0) is 0 Å². The topological polar surface area (TPSA) is 24.1 Å². The standard InChI is InChI=1S/C14H28N2/c1-14(2,3)15-10-12-9-8-11-6-4-5-7-13(11)16-12/h11-13,15-16H,4-10H2,1-3H3. The lowest BCUT2D eigenvalue weighted by Gasteiger charge is -2.41. The van der Waals surface area contributed by atoms with E-state index in [9.17, 15) is 0 Å². The van der Waals surface area contributed by atoms with Crippen molar-refractivity contribution in [1.29, 1.82) is 0 Å². The van der Waals surface area contributed by atoms with Crippen LogP contribution >= 0.6 is 0 Å². The highest BCUT2D eigenvalue weighted by molar-refractivity contribution is 4.90. The molecule has 1 aliphatic heterocycles. The Balaban J connectivity index is 1.77. The molecule has 2 heteroatoms. The van der Waals surface area contributed by atoms with Crippen molar-refractivity contribution in [3.8, 4) is 0 Å². The molecule has 1 aliphatic carbocycles. The Hall–Kier alpha value is -0.0800. The zero-order chi connectivity index (χ0) is 11.6. The number of hydrogen-bond donors (Lipinski definition) is 2. The Morgan fingerprint density at radius 3 is 2.56 bits per heavy atom. The van der Waals surface area contributed by atoms with Gasteiger partial charge in [-0.25, -0.2) is 0 Å². The Bertz CT molecular complexity index is 219. The molecule has 94 valence electrons. The largest absolute Gasteiger partial charge is 0.311 e. The fourth-order valence-corrected chi connectivity index (χ4v) is 3.16. The van der Waals surface area contributed by atoms with Crippen molar-refractivity contribution in [3.05, 3.63) is 0 Å². The fourth-order valence-electron chi connectivity index (χ4n) is 3.16. The number of rotatable bonds is 2. The number of hydrogen-bond acceptors (Lipinski definition) is 2. The van der Waals surface area contributed by atoms with Crippen molar-refractivity contribution in [3.63, 3.8) is 0 Å². The first-order chi connectivity index (χ1) is 7.54. The third-order valence-electron chi connectivity index (χ3n) is 4.12. The van der Waals surface area contributed by atoms with Gasteiger partial charge >= 0.3 is 0 Å². The Morgan fingerprint density at radius 2 is 1.81 bits per heavy atom. The lowest BCUT2D eigenvalue weighted by Crippen LogP contribution is -2.54. The molecule has 2 nitrogen and oxygen atoms in total. The minimum atomic E-state index is 0.255. The lowest BCUT2D eigenvalue weighted by molar-refractivity contribution is 0.170. The molecule has 2 rings (SSSR count). The molecule has 0 bridgehead atoms. The van der Waals surface area contributed by atoms with Crippen LogP contribution in [0.2, 0.25) is 0 Å². The summed E-state index contributed by atoms with van der Waals surface area (Å²) in [6, 6.07) is 1.54. The maximum Gasteiger partial charge on any atom is 0.0195 e. The number of fused-ring (bicyclic) bond motifs is 1.